The normalized spacial score (nSPS) is 17.6. The molecule has 0 aliphatic carbocycles. The Kier molecular flexibility index (Phi) is 5.22. The van der Waals surface area contributed by atoms with E-state index >= 15 is 0 Å². The highest BCUT2D eigenvalue weighted by molar-refractivity contribution is 5.88. The van der Waals surface area contributed by atoms with E-state index in [2.05, 4.69) is 14.9 Å². The van der Waals surface area contributed by atoms with Gasteiger partial charge in [-0.05, 0) is 31.5 Å². The smallest absolute Gasteiger partial charge is 0.335 e. The molecule has 0 saturated carbocycles. The Morgan fingerprint density at radius 2 is 2.19 bits per heavy atom. The fraction of sp³-hybridized carbons (Fsp3) is 0.389. The van der Waals surface area contributed by atoms with Crippen LogP contribution in [0.25, 0.3) is 0 Å². The lowest BCUT2D eigenvalue weighted by atomic mass is 10.0. The molecule has 2 aromatic rings. The number of methoxy groups -OCH3 is 1. The molecule has 1 atom stereocenters. The van der Waals surface area contributed by atoms with Crippen LogP contribution in [0.2, 0.25) is 0 Å². The Labute approximate surface area is 151 Å². The largest absolute Gasteiger partial charge is 0.496 e. The van der Waals surface area contributed by atoms with E-state index in [9.17, 15) is 9.90 Å². The first-order valence-electron chi connectivity index (χ1n) is 8.36. The van der Waals surface area contributed by atoms with Gasteiger partial charge in [-0.2, -0.15) is 4.98 Å². The Morgan fingerprint density at radius 3 is 2.88 bits per heavy atom. The van der Waals surface area contributed by atoms with Crippen LogP contribution in [0, 0.1) is 6.92 Å². The van der Waals surface area contributed by atoms with Gasteiger partial charge in [0.15, 0.2) is 0 Å². The number of nitrogens with two attached hydrogens (primary N) is 1. The molecule has 3 N–H and O–H groups in total. The van der Waals surface area contributed by atoms with Crippen molar-refractivity contribution < 1.29 is 19.4 Å². The summed E-state index contributed by atoms with van der Waals surface area (Å²) in [6, 6.07) is 6.44. The molecule has 0 spiro atoms. The second kappa shape index (κ2) is 7.57. The van der Waals surface area contributed by atoms with E-state index in [1.807, 2.05) is 13.0 Å². The molecule has 1 saturated heterocycles. The molecule has 0 unspecified atom stereocenters. The van der Waals surface area contributed by atoms with Crippen molar-refractivity contribution in [1.82, 2.24) is 9.97 Å². The summed E-state index contributed by atoms with van der Waals surface area (Å²) in [6.07, 6.45) is 0.820. The van der Waals surface area contributed by atoms with Crippen molar-refractivity contribution in [2.75, 3.05) is 37.5 Å². The molecule has 3 rings (SSSR count). The molecule has 1 aliphatic heterocycles. The van der Waals surface area contributed by atoms with Crippen LogP contribution in [-0.4, -0.2) is 47.9 Å². The SMILES string of the molecule is COc1ccc(C(=O)O)cc1[C@@H]1COCCCN1c1cc(C)nc(N)n1. The topological polar surface area (TPSA) is 111 Å². The molecule has 1 fully saturated rings. The lowest BCUT2D eigenvalue weighted by molar-refractivity contribution is 0.0696. The van der Waals surface area contributed by atoms with Gasteiger partial charge >= 0.3 is 5.97 Å². The second-order valence-electron chi connectivity index (χ2n) is 6.13. The minimum Gasteiger partial charge on any atom is -0.496 e. The molecule has 0 amide bonds. The minimum atomic E-state index is -0.989. The number of anilines is 2. The van der Waals surface area contributed by atoms with Crippen molar-refractivity contribution in [3.05, 3.63) is 41.1 Å². The quantitative estimate of drug-likeness (QED) is 0.854. The van der Waals surface area contributed by atoms with Crippen molar-refractivity contribution in [3.63, 3.8) is 0 Å². The number of aryl methyl sites for hydroxylation is 1. The number of benzene rings is 1. The average molecular weight is 358 g/mol. The van der Waals surface area contributed by atoms with Crippen LogP contribution in [0.3, 0.4) is 0 Å². The maximum absolute atomic E-state index is 11.4. The number of rotatable bonds is 4. The Morgan fingerprint density at radius 1 is 1.38 bits per heavy atom. The van der Waals surface area contributed by atoms with E-state index in [4.69, 9.17) is 15.2 Å². The number of hydrogen-bond donors (Lipinski definition) is 2. The van der Waals surface area contributed by atoms with E-state index in [0.717, 1.165) is 17.7 Å². The molecule has 2 heterocycles. The lowest BCUT2D eigenvalue weighted by Crippen LogP contribution is -2.32. The number of hydrogen-bond acceptors (Lipinski definition) is 7. The first-order valence-corrected chi connectivity index (χ1v) is 8.36. The number of aromatic carboxylic acids is 1. The van der Waals surface area contributed by atoms with Crippen LogP contribution in [0.15, 0.2) is 24.3 Å². The molecule has 8 nitrogen and oxygen atoms in total. The van der Waals surface area contributed by atoms with Gasteiger partial charge in [0.2, 0.25) is 5.95 Å². The maximum atomic E-state index is 11.4. The van der Waals surface area contributed by atoms with E-state index in [1.54, 1.807) is 19.2 Å². The van der Waals surface area contributed by atoms with E-state index in [0.29, 0.717) is 31.3 Å². The second-order valence-corrected chi connectivity index (χ2v) is 6.13. The molecular weight excluding hydrogens is 336 g/mol. The van der Waals surface area contributed by atoms with Crippen LogP contribution in [0.5, 0.6) is 5.75 Å². The van der Waals surface area contributed by atoms with Crippen molar-refractivity contribution in [2.24, 2.45) is 0 Å². The Balaban J connectivity index is 2.09. The maximum Gasteiger partial charge on any atom is 0.335 e. The van der Waals surface area contributed by atoms with Gasteiger partial charge in [0.05, 0.1) is 25.3 Å². The lowest BCUT2D eigenvalue weighted by Gasteiger charge is -2.32. The molecule has 8 heteroatoms. The summed E-state index contributed by atoms with van der Waals surface area (Å²) in [5, 5.41) is 9.36. The summed E-state index contributed by atoms with van der Waals surface area (Å²) in [6.45, 7) is 3.56. The van der Waals surface area contributed by atoms with Crippen LogP contribution in [0.1, 0.15) is 34.1 Å². The van der Waals surface area contributed by atoms with Crippen LogP contribution >= 0.6 is 0 Å². The monoisotopic (exact) mass is 358 g/mol. The summed E-state index contributed by atoms with van der Waals surface area (Å²) in [4.78, 5) is 22.0. The van der Waals surface area contributed by atoms with Gasteiger partial charge in [-0.1, -0.05) is 0 Å². The van der Waals surface area contributed by atoms with Gasteiger partial charge in [-0.15, -0.1) is 0 Å². The first-order chi connectivity index (χ1) is 12.5. The number of nitrogens with zero attached hydrogens (tertiary/aromatic N) is 3. The highest BCUT2D eigenvalue weighted by atomic mass is 16.5. The van der Waals surface area contributed by atoms with Crippen LogP contribution < -0.4 is 15.4 Å². The minimum absolute atomic E-state index is 0.198. The molecule has 1 aliphatic rings. The number of carbonyl (C=O) groups is 1. The first kappa shape index (κ1) is 17.9. The summed E-state index contributed by atoms with van der Waals surface area (Å²) in [7, 11) is 1.56. The molecular formula is C18H22N4O4. The predicted molar refractivity (Wildman–Crippen MR) is 96.7 cm³/mol. The molecule has 0 bridgehead atoms. The molecule has 1 aromatic heterocycles. The Bertz CT molecular complexity index is 792. The number of ether oxygens (including phenoxy) is 2. The highest BCUT2D eigenvalue weighted by Gasteiger charge is 2.28. The van der Waals surface area contributed by atoms with Crippen molar-refractivity contribution in [1.29, 1.82) is 0 Å². The summed E-state index contributed by atoms with van der Waals surface area (Å²) >= 11 is 0. The van der Waals surface area contributed by atoms with Crippen molar-refractivity contribution in [3.8, 4) is 5.75 Å². The van der Waals surface area contributed by atoms with Gasteiger partial charge in [0, 0.05) is 30.5 Å². The fourth-order valence-electron chi connectivity index (χ4n) is 3.16. The van der Waals surface area contributed by atoms with E-state index < -0.39 is 5.97 Å². The number of carboxylic acid groups (broad SMARTS) is 1. The van der Waals surface area contributed by atoms with Gasteiger partial charge < -0.3 is 25.2 Å². The van der Waals surface area contributed by atoms with Crippen molar-refractivity contribution >= 4 is 17.7 Å². The van der Waals surface area contributed by atoms with Crippen molar-refractivity contribution in [2.45, 2.75) is 19.4 Å². The number of aromatic nitrogens is 2. The zero-order valence-corrected chi connectivity index (χ0v) is 14.8. The zero-order chi connectivity index (χ0) is 18.7. The predicted octanol–water partition coefficient (Wildman–Crippen LogP) is 2.04. The summed E-state index contributed by atoms with van der Waals surface area (Å²) in [5.74, 6) is 0.509. The van der Waals surface area contributed by atoms with E-state index in [-0.39, 0.29) is 17.6 Å². The molecule has 1 aromatic carbocycles. The number of carboxylic acids is 1. The van der Waals surface area contributed by atoms with Crippen LogP contribution in [-0.2, 0) is 4.74 Å². The molecule has 26 heavy (non-hydrogen) atoms. The standard InChI is InChI=1S/C18H22N4O4/c1-11-8-16(21-18(19)20-11)22-6-3-7-26-10-14(22)13-9-12(17(23)24)4-5-15(13)25-2/h4-5,8-9,14H,3,6-7,10H2,1-2H3,(H,23,24)(H2,19,20,21)/t14-/m0/s1. The highest BCUT2D eigenvalue weighted by Crippen LogP contribution is 2.35. The third-order valence-electron chi connectivity index (χ3n) is 4.33. The third kappa shape index (κ3) is 3.70. The molecule has 138 valence electrons. The Hall–Kier alpha value is -2.87. The third-order valence-corrected chi connectivity index (χ3v) is 4.33. The average Bonchev–Trinajstić information content (AvgIpc) is 2.86. The molecule has 0 radical (unpaired) electrons. The van der Waals surface area contributed by atoms with Gasteiger partial charge in [-0.25, -0.2) is 9.78 Å². The number of nitrogen functional groups attached to an aromatic ring is 1. The van der Waals surface area contributed by atoms with E-state index in [1.165, 1.54) is 6.07 Å². The fourth-order valence-corrected chi connectivity index (χ4v) is 3.16. The zero-order valence-electron chi connectivity index (χ0n) is 14.8. The summed E-state index contributed by atoms with van der Waals surface area (Å²) < 4.78 is 11.2. The summed E-state index contributed by atoms with van der Waals surface area (Å²) in [5.41, 5.74) is 7.53. The van der Waals surface area contributed by atoms with Gasteiger partial charge in [0.25, 0.3) is 0 Å². The van der Waals surface area contributed by atoms with Crippen LogP contribution in [0.4, 0.5) is 11.8 Å². The van der Waals surface area contributed by atoms with Gasteiger partial charge in [0.1, 0.15) is 11.6 Å². The van der Waals surface area contributed by atoms with Gasteiger partial charge in [-0.3, -0.25) is 0 Å².